The van der Waals surface area contributed by atoms with Gasteiger partial charge < -0.3 is 10.7 Å². The van der Waals surface area contributed by atoms with Crippen LogP contribution in [0.15, 0.2) is 35.4 Å². The predicted octanol–water partition coefficient (Wildman–Crippen LogP) is 2.24. The third-order valence-electron chi connectivity index (χ3n) is 2.62. The van der Waals surface area contributed by atoms with E-state index in [1.54, 1.807) is 18.2 Å². The number of hydrogen-bond donors (Lipinski definition) is 3. The van der Waals surface area contributed by atoms with Crippen LogP contribution in [0.1, 0.15) is 11.3 Å². The van der Waals surface area contributed by atoms with Gasteiger partial charge in [0.2, 0.25) is 0 Å². The summed E-state index contributed by atoms with van der Waals surface area (Å²) in [6, 6.07) is 6.60. The highest BCUT2D eigenvalue weighted by Crippen LogP contribution is 2.25. The number of sulfonamides is 1. The molecule has 0 amide bonds. The van der Waals surface area contributed by atoms with Crippen molar-refractivity contribution >= 4 is 27.3 Å². The molecule has 19 heavy (non-hydrogen) atoms. The van der Waals surface area contributed by atoms with Crippen molar-refractivity contribution in [1.29, 1.82) is 0 Å². The van der Waals surface area contributed by atoms with Crippen LogP contribution >= 0.6 is 11.6 Å². The normalized spacial score (nSPS) is 11.5. The Labute approximate surface area is 116 Å². The third-order valence-corrected chi connectivity index (χ3v) is 4.27. The fourth-order valence-electron chi connectivity index (χ4n) is 1.60. The smallest absolute Gasteiger partial charge is 0.263 e. The van der Waals surface area contributed by atoms with Crippen molar-refractivity contribution in [3.63, 3.8) is 0 Å². The van der Waals surface area contributed by atoms with Gasteiger partial charge in [0.1, 0.15) is 4.90 Å². The number of hydrogen-bond acceptors (Lipinski definition) is 3. The number of aromatic amines is 1. The molecule has 0 atom stereocenters. The van der Waals surface area contributed by atoms with Gasteiger partial charge in [-0.3, -0.25) is 4.72 Å². The van der Waals surface area contributed by atoms with Crippen LogP contribution in [0.25, 0.3) is 0 Å². The van der Waals surface area contributed by atoms with Gasteiger partial charge in [0.25, 0.3) is 10.0 Å². The van der Waals surface area contributed by atoms with Crippen LogP contribution in [0.2, 0.25) is 5.02 Å². The lowest BCUT2D eigenvalue weighted by Gasteiger charge is -2.08. The second-order valence-electron chi connectivity index (χ2n) is 4.15. The van der Waals surface area contributed by atoms with E-state index >= 15 is 0 Å². The van der Waals surface area contributed by atoms with Crippen LogP contribution in [0.3, 0.4) is 0 Å². The average Bonchev–Trinajstić information content (AvgIpc) is 2.82. The minimum atomic E-state index is -3.66. The topological polar surface area (TPSA) is 88.0 Å². The van der Waals surface area contributed by atoms with Gasteiger partial charge in [0.15, 0.2) is 0 Å². The van der Waals surface area contributed by atoms with E-state index in [9.17, 15) is 8.42 Å². The molecule has 0 unspecified atom stereocenters. The lowest BCUT2D eigenvalue weighted by atomic mass is 10.2. The van der Waals surface area contributed by atoms with Crippen molar-refractivity contribution in [3.05, 3.63) is 46.7 Å². The van der Waals surface area contributed by atoms with E-state index in [4.69, 9.17) is 17.3 Å². The molecule has 1 heterocycles. The van der Waals surface area contributed by atoms with Gasteiger partial charge in [-0.2, -0.15) is 0 Å². The van der Waals surface area contributed by atoms with Crippen LogP contribution in [-0.2, 0) is 16.6 Å². The first-order valence-electron chi connectivity index (χ1n) is 5.59. The minimum Gasteiger partial charge on any atom is -0.363 e. The average molecular weight is 300 g/mol. The molecule has 0 saturated heterocycles. The molecule has 2 rings (SSSR count). The number of anilines is 1. The summed E-state index contributed by atoms with van der Waals surface area (Å²) in [7, 11) is -3.66. The second kappa shape index (κ2) is 5.24. The molecule has 0 aliphatic carbocycles. The van der Waals surface area contributed by atoms with Crippen LogP contribution in [0.4, 0.5) is 5.69 Å². The summed E-state index contributed by atoms with van der Waals surface area (Å²) >= 11 is 6.00. The van der Waals surface area contributed by atoms with Gasteiger partial charge >= 0.3 is 0 Å². The minimum absolute atomic E-state index is 0.129. The summed E-state index contributed by atoms with van der Waals surface area (Å²) in [5.74, 6) is 0. The van der Waals surface area contributed by atoms with E-state index < -0.39 is 10.0 Å². The monoisotopic (exact) mass is 299 g/mol. The first kappa shape index (κ1) is 13.9. The molecule has 0 aliphatic rings. The summed E-state index contributed by atoms with van der Waals surface area (Å²) in [4.78, 5) is 2.92. The van der Waals surface area contributed by atoms with E-state index in [1.165, 1.54) is 12.3 Å². The van der Waals surface area contributed by atoms with Gasteiger partial charge in [-0.15, -0.1) is 0 Å². The number of H-pyrrole nitrogens is 1. The molecule has 1 aromatic carbocycles. The van der Waals surface area contributed by atoms with Crippen LogP contribution < -0.4 is 10.5 Å². The molecule has 0 aliphatic heterocycles. The number of aryl methyl sites for hydroxylation is 1. The van der Waals surface area contributed by atoms with Gasteiger partial charge in [-0.1, -0.05) is 17.7 Å². The first-order chi connectivity index (χ1) is 8.92. The quantitative estimate of drug-likeness (QED) is 0.809. The van der Waals surface area contributed by atoms with Gasteiger partial charge in [-0.05, 0) is 30.7 Å². The zero-order chi connectivity index (χ0) is 14.0. The Morgan fingerprint density at radius 2 is 2.11 bits per heavy atom. The second-order valence-corrected chi connectivity index (χ2v) is 6.24. The van der Waals surface area contributed by atoms with E-state index in [1.807, 2.05) is 6.92 Å². The van der Waals surface area contributed by atoms with Gasteiger partial charge in [-0.25, -0.2) is 8.42 Å². The van der Waals surface area contributed by atoms with Crippen LogP contribution in [0, 0.1) is 6.92 Å². The molecule has 1 aromatic heterocycles. The zero-order valence-electron chi connectivity index (χ0n) is 10.3. The molecule has 0 radical (unpaired) electrons. The molecule has 5 nitrogen and oxygen atoms in total. The van der Waals surface area contributed by atoms with Gasteiger partial charge in [0.05, 0.1) is 10.7 Å². The third kappa shape index (κ3) is 3.09. The van der Waals surface area contributed by atoms with Crippen molar-refractivity contribution < 1.29 is 8.42 Å². The Morgan fingerprint density at radius 3 is 2.68 bits per heavy atom. The lowest BCUT2D eigenvalue weighted by molar-refractivity contribution is 0.601. The largest absolute Gasteiger partial charge is 0.363 e. The Kier molecular flexibility index (Phi) is 3.84. The van der Waals surface area contributed by atoms with E-state index in [0.29, 0.717) is 16.4 Å². The standard InChI is InChI=1S/C12H14ClN3O2S/c1-8-2-3-12(11(13)4-8)16-19(17,18)10-5-9(6-14)15-7-10/h2-5,7,15-16H,6,14H2,1H3. The Balaban J connectivity index is 2.30. The molecule has 0 bridgehead atoms. The maximum Gasteiger partial charge on any atom is 0.263 e. The molecule has 2 aromatic rings. The lowest BCUT2D eigenvalue weighted by Crippen LogP contribution is -2.12. The summed E-state index contributed by atoms with van der Waals surface area (Å²) < 4.78 is 26.7. The fourth-order valence-corrected chi connectivity index (χ4v) is 3.03. The molecular weight excluding hydrogens is 286 g/mol. The summed E-state index contributed by atoms with van der Waals surface area (Å²) in [6.45, 7) is 2.13. The van der Waals surface area contributed by atoms with Crippen molar-refractivity contribution in [2.45, 2.75) is 18.4 Å². The first-order valence-corrected chi connectivity index (χ1v) is 7.45. The maximum atomic E-state index is 12.1. The highest BCUT2D eigenvalue weighted by molar-refractivity contribution is 7.92. The molecule has 7 heteroatoms. The van der Waals surface area contributed by atoms with Crippen molar-refractivity contribution in [3.8, 4) is 0 Å². The summed E-state index contributed by atoms with van der Waals surface area (Å²) in [6.07, 6.45) is 1.40. The molecule has 0 saturated carbocycles. The Bertz CT molecular complexity index is 695. The predicted molar refractivity (Wildman–Crippen MR) is 75.7 cm³/mol. The number of benzene rings is 1. The van der Waals surface area contributed by atoms with Gasteiger partial charge in [0, 0.05) is 18.4 Å². The molecule has 4 N–H and O–H groups in total. The SMILES string of the molecule is Cc1ccc(NS(=O)(=O)c2c[nH]c(CN)c2)c(Cl)c1. The zero-order valence-corrected chi connectivity index (χ0v) is 11.8. The molecule has 102 valence electrons. The highest BCUT2D eigenvalue weighted by atomic mass is 35.5. The Morgan fingerprint density at radius 1 is 1.37 bits per heavy atom. The van der Waals surface area contributed by atoms with E-state index in [-0.39, 0.29) is 11.4 Å². The molecule has 0 fully saturated rings. The van der Waals surface area contributed by atoms with Crippen LogP contribution in [-0.4, -0.2) is 13.4 Å². The van der Waals surface area contributed by atoms with E-state index in [2.05, 4.69) is 9.71 Å². The van der Waals surface area contributed by atoms with Crippen molar-refractivity contribution in [2.24, 2.45) is 5.73 Å². The van der Waals surface area contributed by atoms with Crippen molar-refractivity contribution in [2.75, 3.05) is 4.72 Å². The van der Waals surface area contributed by atoms with Crippen LogP contribution in [0.5, 0.6) is 0 Å². The fraction of sp³-hybridized carbons (Fsp3) is 0.167. The number of nitrogens with two attached hydrogens (primary N) is 1. The molecular formula is C12H14ClN3O2S. The Hall–Kier alpha value is -1.50. The van der Waals surface area contributed by atoms with E-state index in [0.717, 1.165) is 5.56 Å². The number of rotatable bonds is 4. The maximum absolute atomic E-state index is 12.1. The number of aromatic nitrogens is 1. The summed E-state index contributed by atoms with van der Waals surface area (Å²) in [5, 5.41) is 0.359. The van der Waals surface area contributed by atoms with Crippen molar-refractivity contribution in [1.82, 2.24) is 4.98 Å². The molecule has 0 spiro atoms. The summed E-state index contributed by atoms with van der Waals surface area (Å²) in [5.41, 5.74) is 7.39. The number of halogens is 1. The highest BCUT2D eigenvalue weighted by Gasteiger charge is 2.17. The number of nitrogens with one attached hydrogen (secondary N) is 2.